The van der Waals surface area contributed by atoms with Crippen LogP contribution >= 0.6 is 0 Å². The van der Waals surface area contributed by atoms with Crippen molar-refractivity contribution in [1.29, 1.82) is 0 Å². The monoisotopic (exact) mass is 176 g/mol. The van der Waals surface area contributed by atoms with Crippen LogP contribution in [0.15, 0.2) is 24.4 Å². The van der Waals surface area contributed by atoms with E-state index in [1.807, 2.05) is 24.4 Å². The molecule has 1 N–H and O–H groups in total. The van der Waals surface area contributed by atoms with Crippen molar-refractivity contribution in [3.05, 3.63) is 24.4 Å². The lowest BCUT2D eigenvalue weighted by molar-refractivity contribution is 0.488. The van der Waals surface area contributed by atoms with Gasteiger partial charge in [0.2, 0.25) is 0 Å². The zero-order valence-electron chi connectivity index (χ0n) is 7.61. The summed E-state index contributed by atoms with van der Waals surface area (Å²) in [6, 6.07) is 6.11. The molecule has 0 spiro atoms. The van der Waals surface area contributed by atoms with Crippen LogP contribution in [0.1, 0.15) is 12.8 Å². The van der Waals surface area contributed by atoms with Gasteiger partial charge in [-0.05, 0) is 25.0 Å². The fourth-order valence-electron chi connectivity index (χ4n) is 1.65. The van der Waals surface area contributed by atoms with Crippen LogP contribution in [0.3, 0.4) is 0 Å². The van der Waals surface area contributed by atoms with Crippen molar-refractivity contribution in [2.75, 3.05) is 18.0 Å². The summed E-state index contributed by atoms with van der Waals surface area (Å²) in [4.78, 5) is 6.55. The van der Waals surface area contributed by atoms with Gasteiger partial charge in [-0.3, -0.25) is 5.73 Å². The highest BCUT2D eigenvalue weighted by atomic mass is 15.2. The fraction of sp³-hybridized carbons (Fsp3) is 0.500. The number of hydrogen-bond acceptors (Lipinski definition) is 2. The van der Waals surface area contributed by atoms with Crippen LogP contribution in [0.5, 0.6) is 0 Å². The Bertz CT molecular complexity index is 252. The minimum atomic E-state index is 0.139. The van der Waals surface area contributed by atoms with Gasteiger partial charge in [0.05, 0.1) is 0 Å². The molecule has 69 valence electrons. The van der Waals surface area contributed by atoms with E-state index in [9.17, 15) is 0 Å². The summed E-state index contributed by atoms with van der Waals surface area (Å²) in [5, 5.41) is 0. The molecule has 3 nitrogen and oxygen atoms in total. The van der Waals surface area contributed by atoms with Gasteiger partial charge in [0, 0.05) is 25.3 Å². The molecule has 0 aliphatic carbocycles. The van der Waals surface area contributed by atoms with E-state index in [1.165, 1.54) is 0 Å². The first kappa shape index (κ1) is 8.51. The molecule has 1 radical (unpaired) electrons. The van der Waals surface area contributed by atoms with E-state index in [0.717, 1.165) is 31.7 Å². The summed E-state index contributed by atoms with van der Waals surface area (Å²) in [7, 11) is 0. The zero-order valence-corrected chi connectivity index (χ0v) is 7.61. The highest BCUT2D eigenvalue weighted by Crippen LogP contribution is 2.16. The summed E-state index contributed by atoms with van der Waals surface area (Å²) < 4.78 is 0. The van der Waals surface area contributed by atoms with Gasteiger partial charge >= 0.3 is 0 Å². The second kappa shape index (κ2) is 3.75. The standard InChI is InChI=1S/C10H14N3/c11-9-4-7-13(8-5-9)10-3-1-2-6-12-10/h1-3,6,9,11H,4-5,7-8H2. The summed E-state index contributed by atoms with van der Waals surface area (Å²) in [5.74, 6) is 1.05. The van der Waals surface area contributed by atoms with Gasteiger partial charge in [-0.1, -0.05) is 6.07 Å². The van der Waals surface area contributed by atoms with E-state index in [0.29, 0.717) is 0 Å². The molecule has 1 aliphatic heterocycles. The van der Waals surface area contributed by atoms with E-state index in [2.05, 4.69) is 9.88 Å². The quantitative estimate of drug-likeness (QED) is 0.647. The number of piperidine rings is 1. The predicted molar refractivity (Wildman–Crippen MR) is 52.6 cm³/mol. The maximum atomic E-state index is 7.58. The van der Waals surface area contributed by atoms with Crippen LogP contribution < -0.4 is 10.6 Å². The van der Waals surface area contributed by atoms with Crippen LogP contribution in [0.25, 0.3) is 0 Å². The molecule has 2 heterocycles. The normalized spacial score (nSPS) is 19.0. The molecule has 0 saturated carbocycles. The van der Waals surface area contributed by atoms with E-state index < -0.39 is 0 Å². The molecule has 0 amide bonds. The fourth-order valence-corrected chi connectivity index (χ4v) is 1.65. The number of nitrogens with one attached hydrogen (secondary N) is 1. The Kier molecular flexibility index (Phi) is 2.45. The number of anilines is 1. The average Bonchev–Trinajstić information content (AvgIpc) is 2.20. The van der Waals surface area contributed by atoms with Gasteiger partial charge < -0.3 is 4.90 Å². The third-order valence-electron chi connectivity index (χ3n) is 2.47. The zero-order chi connectivity index (χ0) is 9.10. The molecule has 0 bridgehead atoms. The predicted octanol–water partition coefficient (Wildman–Crippen LogP) is 1.33. The van der Waals surface area contributed by atoms with Crippen molar-refractivity contribution in [3.63, 3.8) is 0 Å². The first-order chi connectivity index (χ1) is 6.36. The Morgan fingerprint density at radius 2 is 2.08 bits per heavy atom. The highest BCUT2D eigenvalue weighted by molar-refractivity contribution is 5.38. The molecular formula is C10H14N3. The smallest absolute Gasteiger partial charge is 0.128 e. The maximum Gasteiger partial charge on any atom is 0.128 e. The minimum absolute atomic E-state index is 0.139. The van der Waals surface area contributed by atoms with E-state index in [1.54, 1.807) is 0 Å². The van der Waals surface area contributed by atoms with Crippen LogP contribution in [0, 0.1) is 0 Å². The molecule has 0 atom stereocenters. The van der Waals surface area contributed by atoms with Crippen LogP contribution in [-0.4, -0.2) is 24.1 Å². The van der Waals surface area contributed by atoms with Crippen LogP contribution in [-0.2, 0) is 0 Å². The Balaban J connectivity index is 2.03. The number of aromatic nitrogens is 1. The molecule has 3 heteroatoms. The summed E-state index contributed by atoms with van der Waals surface area (Å²) in [6.45, 7) is 1.95. The highest BCUT2D eigenvalue weighted by Gasteiger charge is 2.16. The van der Waals surface area contributed by atoms with E-state index in [-0.39, 0.29) is 6.04 Å². The third kappa shape index (κ3) is 1.98. The molecule has 2 rings (SSSR count). The number of nitrogens with zero attached hydrogens (tertiary/aromatic N) is 2. The van der Waals surface area contributed by atoms with Gasteiger partial charge in [0.1, 0.15) is 5.82 Å². The molecule has 1 fully saturated rings. The number of hydrogen-bond donors (Lipinski definition) is 0. The lowest BCUT2D eigenvalue weighted by Gasteiger charge is -2.30. The lowest BCUT2D eigenvalue weighted by Crippen LogP contribution is -2.36. The molecule has 1 saturated heterocycles. The molecular weight excluding hydrogens is 162 g/mol. The molecule has 1 aliphatic rings. The average molecular weight is 176 g/mol. The van der Waals surface area contributed by atoms with Gasteiger partial charge in [-0.15, -0.1) is 0 Å². The van der Waals surface area contributed by atoms with Crippen LogP contribution in [0.4, 0.5) is 5.82 Å². The van der Waals surface area contributed by atoms with Gasteiger partial charge in [0.15, 0.2) is 0 Å². The summed E-state index contributed by atoms with van der Waals surface area (Å²) in [5.41, 5.74) is 7.58. The van der Waals surface area contributed by atoms with Crippen LogP contribution in [0.2, 0.25) is 0 Å². The van der Waals surface area contributed by atoms with Crippen molar-refractivity contribution in [1.82, 2.24) is 10.7 Å². The molecule has 0 unspecified atom stereocenters. The minimum Gasteiger partial charge on any atom is -0.357 e. The molecule has 13 heavy (non-hydrogen) atoms. The van der Waals surface area contributed by atoms with E-state index in [4.69, 9.17) is 5.73 Å². The van der Waals surface area contributed by atoms with Crippen molar-refractivity contribution < 1.29 is 0 Å². The Hall–Kier alpha value is -1.09. The van der Waals surface area contributed by atoms with Crippen molar-refractivity contribution in [2.45, 2.75) is 18.9 Å². The van der Waals surface area contributed by atoms with E-state index >= 15 is 0 Å². The SMILES string of the molecule is [NH]C1CCN(c2ccccn2)CC1. The first-order valence-electron chi connectivity index (χ1n) is 4.73. The Labute approximate surface area is 78.6 Å². The van der Waals surface area contributed by atoms with Crippen molar-refractivity contribution >= 4 is 5.82 Å². The largest absolute Gasteiger partial charge is 0.357 e. The molecule has 1 aromatic rings. The number of rotatable bonds is 1. The van der Waals surface area contributed by atoms with Gasteiger partial charge in [-0.2, -0.15) is 0 Å². The topological polar surface area (TPSA) is 39.9 Å². The summed E-state index contributed by atoms with van der Waals surface area (Å²) in [6.07, 6.45) is 3.76. The Morgan fingerprint density at radius 1 is 1.31 bits per heavy atom. The lowest BCUT2D eigenvalue weighted by atomic mass is 10.1. The molecule has 1 aromatic heterocycles. The third-order valence-corrected chi connectivity index (χ3v) is 2.47. The van der Waals surface area contributed by atoms with Crippen molar-refractivity contribution in [2.24, 2.45) is 0 Å². The first-order valence-corrected chi connectivity index (χ1v) is 4.73. The van der Waals surface area contributed by atoms with Crippen molar-refractivity contribution in [3.8, 4) is 0 Å². The second-order valence-corrected chi connectivity index (χ2v) is 3.45. The molecule has 0 aromatic carbocycles. The second-order valence-electron chi connectivity index (χ2n) is 3.45. The maximum absolute atomic E-state index is 7.58. The van der Waals surface area contributed by atoms with Gasteiger partial charge in [0.25, 0.3) is 0 Å². The Morgan fingerprint density at radius 3 is 2.69 bits per heavy atom. The number of pyridine rings is 1. The summed E-state index contributed by atoms with van der Waals surface area (Å²) >= 11 is 0. The van der Waals surface area contributed by atoms with Gasteiger partial charge in [-0.25, -0.2) is 4.98 Å².